The van der Waals surface area contributed by atoms with Gasteiger partial charge in [0.05, 0.1) is 0 Å². The maximum atomic E-state index is 6.53. The molecule has 0 aliphatic carbocycles. The van der Waals surface area contributed by atoms with Gasteiger partial charge in [0.15, 0.2) is 6.33 Å². The van der Waals surface area contributed by atoms with Gasteiger partial charge in [0.2, 0.25) is 0 Å². The molecule has 0 bridgehead atoms. The Kier molecular flexibility index (Phi) is 0.506. The summed E-state index contributed by atoms with van der Waals surface area (Å²) in [5.41, 5.74) is 6.53. The second-order valence-electron chi connectivity index (χ2n) is 0.746. The molecule has 0 saturated carbocycles. The van der Waals surface area contributed by atoms with Crippen molar-refractivity contribution in [1.82, 2.24) is 15.9 Å². The molecule has 1 rings (SSSR count). The van der Waals surface area contributed by atoms with E-state index in [2.05, 4.69) is 14.7 Å². The van der Waals surface area contributed by atoms with E-state index in [1.54, 1.807) is 0 Å². The first-order chi connectivity index (χ1) is 2.89. The minimum Gasteiger partial charge on any atom is -0.314 e. The van der Waals surface area contributed by atoms with Crippen LogP contribution in [0.2, 0.25) is 0 Å². The molecule has 6 heavy (non-hydrogen) atoms. The van der Waals surface area contributed by atoms with Crippen LogP contribution in [0.25, 0.3) is 0 Å². The van der Waals surface area contributed by atoms with Crippen molar-refractivity contribution < 1.29 is 4.52 Å². The number of nitrogens with one attached hydrogen (secondary N) is 1. The lowest BCUT2D eigenvalue weighted by molar-refractivity contribution is 0.425. The Labute approximate surface area is 34.0 Å². The van der Waals surface area contributed by atoms with Gasteiger partial charge in [-0.25, -0.2) is 5.73 Å². The van der Waals surface area contributed by atoms with Gasteiger partial charge in [-0.3, -0.25) is 0 Å². The number of hydrogen-bond donors (Lipinski definition) is 0. The summed E-state index contributed by atoms with van der Waals surface area (Å²) in [7, 11) is 0. The van der Waals surface area contributed by atoms with Crippen molar-refractivity contribution in [1.29, 1.82) is 0 Å². The first-order valence-electron chi connectivity index (χ1n) is 1.38. The zero-order valence-corrected chi connectivity index (χ0v) is 2.88. The molecule has 1 N–H and O–H groups in total. The Hall–Kier alpha value is -1.06. The lowest BCUT2D eigenvalue weighted by Crippen LogP contribution is -1.58. The van der Waals surface area contributed by atoms with Crippen LogP contribution in [-0.4, -0.2) is 10.1 Å². The number of nitrogens with zero attached hydrogens (tertiary/aromatic N) is 2. The topological polar surface area (TPSA) is 62.7 Å². The smallest absolute Gasteiger partial charge is 0.314 e. The van der Waals surface area contributed by atoms with E-state index < -0.39 is 0 Å². The Balaban J connectivity index is 3.05. The SMILES string of the molecule is [NH]c1ncno1. The highest BCUT2D eigenvalue weighted by Gasteiger charge is 1.82. The standard InChI is InChI=1S/C2H2N3O/c3-2-4-1-5-6-2/h1,3H. The molecule has 1 radical (unpaired) electrons. The molecule has 31 valence electrons. The first kappa shape index (κ1) is 3.14. The molecule has 1 aromatic rings. The fraction of sp³-hybridized carbons (Fsp3) is 0. The van der Waals surface area contributed by atoms with Crippen LogP contribution in [0.15, 0.2) is 10.9 Å². The molecule has 0 aliphatic heterocycles. The molecule has 0 saturated heterocycles. The Bertz CT molecular complexity index is 112. The minimum absolute atomic E-state index is 0.144. The minimum atomic E-state index is -0.144. The van der Waals surface area contributed by atoms with E-state index in [0.29, 0.717) is 0 Å². The van der Waals surface area contributed by atoms with Crippen molar-refractivity contribution in [2.24, 2.45) is 0 Å². The van der Waals surface area contributed by atoms with Gasteiger partial charge in [0, 0.05) is 0 Å². The summed E-state index contributed by atoms with van der Waals surface area (Å²) in [6.07, 6.45) is 1.18. The molecule has 1 heterocycles. The third kappa shape index (κ3) is 0.314. The zero-order valence-electron chi connectivity index (χ0n) is 2.88. The van der Waals surface area contributed by atoms with Gasteiger partial charge < -0.3 is 4.52 Å². The predicted molar refractivity (Wildman–Crippen MR) is 17.1 cm³/mol. The first-order valence-corrected chi connectivity index (χ1v) is 1.38. The second-order valence-corrected chi connectivity index (χ2v) is 0.746. The normalized spacial score (nSPS) is 8.67. The van der Waals surface area contributed by atoms with Gasteiger partial charge >= 0.3 is 6.01 Å². The number of hydrogen-bond acceptors (Lipinski definition) is 3. The van der Waals surface area contributed by atoms with Crippen LogP contribution >= 0.6 is 0 Å². The Morgan fingerprint density at radius 2 is 2.67 bits per heavy atom. The van der Waals surface area contributed by atoms with Crippen LogP contribution in [0.4, 0.5) is 6.01 Å². The van der Waals surface area contributed by atoms with Crippen LogP contribution in [-0.2, 0) is 0 Å². The van der Waals surface area contributed by atoms with Crippen molar-refractivity contribution in [3.63, 3.8) is 0 Å². The molecule has 4 nitrogen and oxygen atoms in total. The summed E-state index contributed by atoms with van der Waals surface area (Å²) in [5.74, 6) is 0. The van der Waals surface area contributed by atoms with Crippen LogP contribution in [0.3, 0.4) is 0 Å². The van der Waals surface area contributed by atoms with Crippen molar-refractivity contribution in [3.8, 4) is 0 Å². The van der Waals surface area contributed by atoms with E-state index >= 15 is 0 Å². The Morgan fingerprint density at radius 1 is 1.83 bits per heavy atom. The quantitative estimate of drug-likeness (QED) is 0.444. The maximum Gasteiger partial charge on any atom is 0.339 e. The lowest BCUT2D eigenvalue weighted by Gasteiger charge is -1.62. The van der Waals surface area contributed by atoms with Crippen molar-refractivity contribution in [2.75, 3.05) is 0 Å². The fourth-order valence-electron chi connectivity index (χ4n) is 0.173. The van der Waals surface area contributed by atoms with E-state index in [4.69, 9.17) is 5.73 Å². The third-order valence-electron chi connectivity index (χ3n) is 0.361. The highest BCUT2D eigenvalue weighted by Crippen LogP contribution is 1.88. The summed E-state index contributed by atoms with van der Waals surface area (Å²) in [6.45, 7) is 0. The van der Waals surface area contributed by atoms with Crippen LogP contribution in [0, 0.1) is 0 Å². The largest absolute Gasteiger partial charge is 0.339 e. The van der Waals surface area contributed by atoms with Crippen LogP contribution in [0.5, 0.6) is 0 Å². The molecule has 1 aromatic heterocycles. The summed E-state index contributed by atoms with van der Waals surface area (Å²) < 4.78 is 4.14. The maximum absolute atomic E-state index is 6.53. The molecule has 0 aromatic carbocycles. The molecule has 4 heteroatoms. The Morgan fingerprint density at radius 3 is 2.83 bits per heavy atom. The third-order valence-corrected chi connectivity index (χ3v) is 0.361. The molecule has 0 aliphatic rings. The van der Waals surface area contributed by atoms with Gasteiger partial charge in [-0.1, -0.05) is 5.16 Å². The van der Waals surface area contributed by atoms with E-state index in [1.807, 2.05) is 0 Å². The highest BCUT2D eigenvalue weighted by molar-refractivity contribution is 4.94. The average Bonchev–Trinajstić information content (AvgIpc) is 1.86. The monoisotopic (exact) mass is 84.0 g/mol. The summed E-state index contributed by atoms with van der Waals surface area (Å²) in [4.78, 5) is 3.31. The van der Waals surface area contributed by atoms with Crippen molar-refractivity contribution >= 4 is 6.01 Å². The van der Waals surface area contributed by atoms with Crippen molar-refractivity contribution in [2.45, 2.75) is 0 Å². The van der Waals surface area contributed by atoms with Crippen LogP contribution in [0.1, 0.15) is 0 Å². The van der Waals surface area contributed by atoms with Gasteiger partial charge in [0.1, 0.15) is 0 Å². The molecular formula is C2H2N3O. The molecule has 0 spiro atoms. The number of aromatic nitrogens is 2. The van der Waals surface area contributed by atoms with Crippen LogP contribution < -0.4 is 5.73 Å². The second kappa shape index (κ2) is 0.965. The molecular weight excluding hydrogens is 82.0 g/mol. The van der Waals surface area contributed by atoms with E-state index in [1.165, 1.54) is 6.33 Å². The van der Waals surface area contributed by atoms with Gasteiger partial charge in [-0.15, -0.1) is 0 Å². The summed E-state index contributed by atoms with van der Waals surface area (Å²) in [5, 5.41) is 3.15. The van der Waals surface area contributed by atoms with Gasteiger partial charge in [0.25, 0.3) is 0 Å². The van der Waals surface area contributed by atoms with E-state index in [9.17, 15) is 0 Å². The fourth-order valence-corrected chi connectivity index (χ4v) is 0.173. The van der Waals surface area contributed by atoms with Crippen molar-refractivity contribution in [3.05, 3.63) is 6.33 Å². The predicted octanol–water partition coefficient (Wildman–Crippen LogP) is -0.0160. The van der Waals surface area contributed by atoms with Gasteiger partial charge in [-0.2, -0.15) is 4.98 Å². The molecule has 0 fully saturated rings. The lowest BCUT2D eigenvalue weighted by atomic mass is 11.2. The molecule has 0 amide bonds. The van der Waals surface area contributed by atoms with Gasteiger partial charge in [-0.05, 0) is 0 Å². The average molecular weight is 84.1 g/mol. The van der Waals surface area contributed by atoms with E-state index in [-0.39, 0.29) is 6.01 Å². The molecule has 0 atom stereocenters. The number of rotatable bonds is 0. The summed E-state index contributed by atoms with van der Waals surface area (Å²) >= 11 is 0. The highest BCUT2D eigenvalue weighted by atomic mass is 16.5. The van der Waals surface area contributed by atoms with E-state index in [0.717, 1.165) is 0 Å². The zero-order chi connectivity index (χ0) is 4.41. The molecule has 0 unspecified atom stereocenters. The summed E-state index contributed by atoms with van der Waals surface area (Å²) in [6, 6.07) is -0.144.